The molecule has 0 radical (unpaired) electrons. The number of aromatic nitrogens is 2. The van der Waals surface area contributed by atoms with Gasteiger partial charge in [0.15, 0.2) is 0 Å². The molecule has 5 heteroatoms. The van der Waals surface area contributed by atoms with Gasteiger partial charge in [-0.3, -0.25) is 0 Å². The van der Waals surface area contributed by atoms with Gasteiger partial charge in [-0.05, 0) is 37.1 Å². The summed E-state index contributed by atoms with van der Waals surface area (Å²) in [4.78, 5) is 11.1. The fourth-order valence-electron chi connectivity index (χ4n) is 1.98. The fourth-order valence-corrected chi connectivity index (χ4v) is 1.98. The predicted octanol–water partition coefficient (Wildman–Crippen LogP) is 2.15. The molecule has 18 heavy (non-hydrogen) atoms. The number of aromatic carboxylic acids is 1. The lowest BCUT2D eigenvalue weighted by atomic mass is 10.1. The van der Waals surface area contributed by atoms with Crippen LogP contribution in [0.3, 0.4) is 0 Å². The Morgan fingerprint density at radius 3 is 2.72 bits per heavy atom. The van der Waals surface area contributed by atoms with E-state index in [1.165, 1.54) is 6.20 Å². The van der Waals surface area contributed by atoms with Crippen molar-refractivity contribution in [1.82, 2.24) is 9.78 Å². The number of carboxylic acid groups (broad SMARTS) is 1. The maximum atomic E-state index is 11.1. The topological polar surface area (TPSA) is 75.3 Å². The van der Waals surface area contributed by atoms with Gasteiger partial charge in [0.05, 0.1) is 17.6 Å². The molecule has 0 aliphatic rings. The van der Waals surface area contributed by atoms with E-state index in [1.807, 2.05) is 13.8 Å². The van der Waals surface area contributed by atoms with E-state index in [0.29, 0.717) is 12.1 Å². The van der Waals surface area contributed by atoms with Crippen molar-refractivity contribution >= 4 is 5.97 Å². The Bertz CT molecular complexity index is 602. The van der Waals surface area contributed by atoms with Gasteiger partial charge < -0.3 is 10.2 Å². The molecule has 0 fully saturated rings. The molecule has 94 valence electrons. The number of aromatic hydroxyl groups is 1. The van der Waals surface area contributed by atoms with E-state index < -0.39 is 5.97 Å². The van der Waals surface area contributed by atoms with Crippen molar-refractivity contribution in [3.8, 4) is 11.4 Å². The highest BCUT2D eigenvalue weighted by Gasteiger charge is 2.16. The molecule has 0 spiro atoms. The molecule has 0 aliphatic carbocycles. The Labute approximate surface area is 104 Å². The first kappa shape index (κ1) is 12.2. The summed E-state index contributed by atoms with van der Waals surface area (Å²) in [6.07, 6.45) is 1.93. The second kappa shape index (κ2) is 4.52. The summed E-state index contributed by atoms with van der Waals surface area (Å²) in [7, 11) is 0. The lowest BCUT2D eigenvalue weighted by Gasteiger charge is -2.10. The number of benzene rings is 1. The van der Waals surface area contributed by atoms with Crippen molar-refractivity contribution in [2.75, 3.05) is 0 Å². The van der Waals surface area contributed by atoms with Crippen LogP contribution < -0.4 is 0 Å². The minimum atomic E-state index is -0.977. The van der Waals surface area contributed by atoms with Crippen LogP contribution in [0.4, 0.5) is 0 Å². The minimum Gasteiger partial charge on any atom is -0.508 e. The third kappa shape index (κ3) is 1.95. The molecule has 0 aliphatic heterocycles. The second-order valence-electron chi connectivity index (χ2n) is 4.05. The molecule has 0 amide bonds. The molecule has 1 heterocycles. The summed E-state index contributed by atoms with van der Waals surface area (Å²) < 4.78 is 1.61. The van der Waals surface area contributed by atoms with E-state index in [0.717, 1.165) is 11.3 Å². The fraction of sp³-hybridized carbons (Fsp3) is 0.231. The number of hydrogen-bond acceptors (Lipinski definition) is 3. The Balaban J connectivity index is 2.60. The maximum Gasteiger partial charge on any atom is 0.339 e. The predicted molar refractivity (Wildman–Crippen MR) is 66.3 cm³/mol. The number of rotatable bonds is 3. The number of aryl methyl sites for hydroxylation is 1. The van der Waals surface area contributed by atoms with Gasteiger partial charge in [-0.2, -0.15) is 5.10 Å². The summed E-state index contributed by atoms with van der Waals surface area (Å²) in [5.74, 6) is -0.797. The van der Waals surface area contributed by atoms with E-state index in [4.69, 9.17) is 5.11 Å². The van der Waals surface area contributed by atoms with E-state index in [1.54, 1.807) is 22.9 Å². The summed E-state index contributed by atoms with van der Waals surface area (Å²) in [6.45, 7) is 3.73. The maximum absolute atomic E-state index is 11.1. The molecule has 0 atom stereocenters. The van der Waals surface area contributed by atoms with E-state index in [2.05, 4.69) is 5.10 Å². The van der Waals surface area contributed by atoms with Gasteiger partial charge in [0.2, 0.25) is 0 Å². The minimum absolute atomic E-state index is 0.180. The van der Waals surface area contributed by atoms with Gasteiger partial charge in [0, 0.05) is 0 Å². The van der Waals surface area contributed by atoms with Gasteiger partial charge >= 0.3 is 5.97 Å². The highest BCUT2D eigenvalue weighted by Crippen LogP contribution is 2.22. The van der Waals surface area contributed by atoms with Crippen LogP contribution in [-0.2, 0) is 6.42 Å². The molecular formula is C13H14N2O3. The van der Waals surface area contributed by atoms with Crippen LogP contribution >= 0.6 is 0 Å². The van der Waals surface area contributed by atoms with Crippen molar-refractivity contribution in [3.63, 3.8) is 0 Å². The van der Waals surface area contributed by atoms with Crippen LogP contribution in [0, 0.1) is 6.92 Å². The number of phenols is 1. The molecule has 0 saturated heterocycles. The van der Waals surface area contributed by atoms with Crippen LogP contribution in [-0.4, -0.2) is 26.0 Å². The SMILES string of the molecule is CCc1c(C(=O)O)cnn1-c1ccc(O)cc1C. The Morgan fingerprint density at radius 1 is 1.44 bits per heavy atom. The molecule has 1 aromatic carbocycles. The summed E-state index contributed by atoms with van der Waals surface area (Å²) in [5.41, 5.74) is 2.48. The molecule has 5 nitrogen and oxygen atoms in total. The zero-order chi connectivity index (χ0) is 13.3. The first-order valence-electron chi connectivity index (χ1n) is 5.64. The van der Waals surface area contributed by atoms with Gasteiger partial charge in [0.25, 0.3) is 0 Å². The van der Waals surface area contributed by atoms with Crippen LogP contribution in [0.2, 0.25) is 0 Å². The lowest BCUT2D eigenvalue weighted by Crippen LogP contribution is -2.06. The quantitative estimate of drug-likeness (QED) is 0.870. The molecular weight excluding hydrogens is 232 g/mol. The van der Waals surface area contributed by atoms with Crippen molar-refractivity contribution in [1.29, 1.82) is 0 Å². The van der Waals surface area contributed by atoms with E-state index in [-0.39, 0.29) is 11.3 Å². The van der Waals surface area contributed by atoms with Gasteiger partial charge in [-0.1, -0.05) is 6.92 Å². The Morgan fingerprint density at radius 2 is 2.17 bits per heavy atom. The highest BCUT2D eigenvalue weighted by atomic mass is 16.4. The summed E-state index contributed by atoms with van der Waals surface area (Å²) in [6, 6.07) is 4.91. The van der Waals surface area contributed by atoms with E-state index >= 15 is 0 Å². The number of hydrogen-bond donors (Lipinski definition) is 2. The third-order valence-corrected chi connectivity index (χ3v) is 2.84. The van der Waals surface area contributed by atoms with Gasteiger partial charge in [0.1, 0.15) is 11.3 Å². The zero-order valence-electron chi connectivity index (χ0n) is 10.2. The lowest BCUT2D eigenvalue weighted by molar-refractivity contribution is 0.0695. The monoisotopic (exact) mass is 246 g/mol. The molecule has 0 saturated carbocycles. The first-order valence-corrected chi connectivity index (χ1v) is 5.64. The van der Waals surface area contributed by atoms with Crippen molar-refractivity contribution in [3.05, 3.63) is 41.2 Å². The molecule has 1 aromatic heterocycles. The number of carbonyl (C=O) groups is 1. The van der Waals surface area contributed by atoms with E-state index in [9.17, 15) is 9.90 Å². The normalized spacial score (nSPS) is 10.6. The summed E-state index contributed by atoms with van der Waals surface area (Å²) in [5, 5.41) is 22.6. The van der Waals surface area contributed by atoms with Gasteiger partial charge in [-0.15, -0.1) is 0 Å². The van der Waals surface area contributed by atoms with Crippen LogP contribution in [0.5, 0.6) is 5.75 Å². The zero-order valence-corrected chi connectivity index (χ0v) is 10.2. The summed E-state index contributed by atoms with van der Waals surface area (Å²) >= 11 is 0. The van der Waals surface area contributed by atoms with Crippen LogP contribution in [0.25, 0.3) is 5.69 Å². The molecule has 2 rings (SSSR count). The number of carboxylic acids is 1. The second-order valence-corrected chi connectivity index (χ2v) is 4.05. The van der Waals surface area contributed by atoms with Crippen molar-refractivity contribution < 1.29 is 15.0 Å². The molecule has 0 unspecified atom stereocenters. The first-order chi connectivity index (χ1) is 8.54. The Hall–Kier alpha value is -2.30. The molecule has 2 aromatic rings. The van der Waals surface area contributed by atoms with Gasteiger partial charge in [-0.25, -0.2) is 9.48 Å². The van der Waals surface area contributed by atoms with Crippen molar-refractivity contribution in [2.45, 2.75) is 20.3 Å². The van der Waals surface area contributed by atoms with Crippen LogP contribution in [0.1, 0.15) is 28.5 Å². The third-order valence-electron chi connectivity index (χ3n) is 2.84. The highest BCUT2D eigenvalue weighted by molar-refractivity contribution is 5.88. The van der Waals surface area contributed by atoms with Crippen LogP contribution in [0.15, 0.2) is 24.4 Å². The standard InChI is InChI=1S/C13H14N2O3/c1-3-11-10(13(17)18)7-14-15(11)12-5-4-9(16)6-8(12)2/h4-7,16H,3H2,1-2H3,(H,17,18). The average molecular weight is 246 g/mol. The number of phenolic OH excluding ortho intramolecular Hbond substituents is 1. The number of nitrogens with zero attached hydrogens (tertiary/aromatic N) is 2. The average Bonchev–Trinajstić information content (AvgIpc) is 2.72. The largest absolute Gasteiger partial charge is 0.508 e. The smallest absolute Gasteiger partial charge is 0.339 e. The Kier molecular flexibility index (Phi) is 3.06. The molecule has 0 bridgehead atoms. The van der Waals surface area contributed by atoms with Crippen molar-refractivity contribution in [2.24, 2.45) is 0 Å². The molecule has 2 N–H and O–H groups in total.